The fourth-order valence-electron chi connectivity index (χ4n) is 7.30. The number of aliphatic hydroxyl groups excluding tert-OH is 1. The highest BCUT2D eigenvalue weighted by atomic mass is 79.9. The summed E-state index contributed by atoms with van der Waals surface area (Å²) in [6.07, 6.45) is -0.154. The van der Waals surface area contributed by atoms with Gasteiger partial charge in [-0.15, -0.1) is 0 Å². The van der Waals surface area contributed by atoms with Crippen LogP contribution in [0.5, 0.6) is 0 Å². The molecule has 92 valence electrons. The molecular weight excluding hydrogens is 284 g/mol. The van der Waals surface area contributed by atoms with Crippen molar-refractivity contribution in [1.82, 2.24) is 0 Å². The molecule has 1 aliphatic heterocycles. The minimum Gasteiger partial charge on any atom is -0.393 e. The highest BCUT2D eigenvalue weighted by molar-refractivity contribution is 9.10. The molecule has 7 rings (SSSR count). The fraction of sp³-hybridized carbons (Fsp3) is 1.00. The second-order valence-corrected chi connectivity index (χ2v) is 8.28. The molecule has 0 unspecified atom stereocenters. The quantitative estimate of drug-likeness (QED) is 0.734. The summed E-state index contributed by atoms with van der Waals surface area (Å²) >= 11 is 4.05. The maximum absolute atomic E-state index is 10.2. The van der Waals surface area contributed by atoms with Gasteiger partial charge in [-0.3, -0.25) is 0 Å². The first-order valence-corrected chi connectivity index (χ1v) is 7.57. The Kier molecular flexibility index (Phi) is 1.12. The Balaban J connectivity index is 1.60. The molecule has 1 N–H and O–H groups in total. The van der Waals surface area contributed by atoms with E-state index in [9.17, 15) is 5.11 Å². The molecule has 6 saturated carbocycles. The minimum atomic E-state index is -0.316. The molecule has 0 aromatic rings. The average Bonchev–Trinajstić information content (AvgIpc) is 2.97. The van der Waals surface area contributed by atoms with E-state index in [1.165, 1.54) is 0 Å². The van der Waals surface area contributed by atoms with Gasteiger partial charge in [0.05, 0.1) is 23.6 Å². The molecule has 0 aromatic heterocycles. The fourth-order valence-corrected chi connectivity index (χ4v) is 9.06. The zero-order valence-electron chi connectivity index (χ0n) is 9.60. The molecule has 0 amide bonds. The standard InChI is InChI=1S/C13H15BrO3/c1-4(15)11-6-5-7(6)12(14)10(11)9(11)8(5)13(12)16-2-3-17-13/h4-10,15H,2-3H2,1H3/t4-,5-,6-,7+,8-,9+,10-,11-,12+/m1/s1. The Labute approximate surface area is 108 Å². The molecule has 1 spiro atoms. The topological polar surface area (TPSA) is 38.7 Å². The van der Waals surface area contributed by atoms with Gasteiger partial charge in [-0.2, -0.15) is 0 Å². The molecule has 6 aliphatic carbocycles. The first kappa shape index (κ1) is 9.29. The van der Waals surface area contributed by atoms with Crippen LogP contribution in [0.1, 0.15) is 6.92 Å². The van der Waals surface area contributed by atoms with Crippen molar-refractivity contribution in [3.8, 4) is 0 Å². The van der Waals surface area contributed by atoms with E-state index in [0.29, 0.717) is 17.8 Å². The Morgan fingerprint density at radius 3 is 2.29 bits per heavy atom. The van der Waals surface area contributed by atoms with E-state index in [1.54, 1.807) is 0 Å². The van der Waals surface area contributed by atoms with Gasteiger partial charge < -0.3 is 14.6 Å². The number of halogens is 1. The monoisotopic (exact) mass is 298 g/mol. The van der Waals surface area contributed by atoms with Crippen LogP contribution in [0.3, 0.4) is 0 Å². The van der Waals surface area contributed by atoms with E-state index in [0.717, 1.165) is 31.0 Å². The molecule has 9 atom stereocenters. The van der Waals surface area contributed by atoms with Crippen molar-refractivity contribution >= 4 is 15.9 Å². The SMILES string of the molecule is C[C@@H](O)[C@@]12[C@@H]3[C@H]4[C@@H]5[C@H]1[C@H]2[C@@](Br)([C@@H]43)C51OCCO1. The third kappa shape index (κ3) is 0.522. The normalized spacial score (nSPS) is 75.7. The Morgan fingerprint density at radius 2 is 1.88 bits per heavy atom. The summed E-state index contributed by atoms with van der Waals surface area (Å²) in [5.74, 6) is 3.79. The van der Waals surface area contributed by atoms with Crippen molar-refractivity contribution in [2.75, 3.05) is 13.2 Å². The van der Waals surface area contributed by atoms with Gasteiger partial charge in [0.2, 0.25) is 0 Å². The van der Waals surface area contributed by atoms with Gasteiger partial charge in [0.25, 0.3) is 0 Å². The summed E-state index contributed by atoms with van der Waals surface area (Å²) in [7, 11) is 0. The molecule has 1 heterocycles. The Hall–Kier alpha value is 0.360. The number of hydrogen-bond donors (Lipinski definition) is 1. The van der Waals surface area contributed by atoms with Crippen LogP contribution in [0.2, 0.25) is 0 Å². The third-order valence-electron chi connectivity index (χ3n) is 7.17. The van der Waals surface area contributed by atoms with Crippen molar-refractivity contribution < 1.29 is 14.6 Å². The average molecular weight is 299 g/mol. The van der Waals surface area contributed by atoms with Crippen molar-refractivity contribution in [3.63, 3.8) is 0 Å². The van der Waals surface area contributed by atoms with Gasteiger partial charge in [0.1, 0.15) is 0 Å². The Bertz CT molecular complexity index is 473. The summed E-state index contributed by atoms with van der Waals surface area (Å²) in [6.45, 7) is 3.49. The van der Waals surface area contributed by atoms with Crippen LogP contribution in [0.15, 0.2) is 0 Å². The maximum Gasteiger partial charge on any atom is 0.187 e. The molecule has 7 fully saturated rings. The zero-order valence-corrected chi connectivity index (χ0v) is 11.2. The van der Waals surface area contributed by atoms with E-state index in [2.05, 4.69) is 15.9 Å². The summed E-state index contributed by atoms with van der Waals surface area (Å²) < 4.78 is 12.2. The predicted octanol–water partition coefficient (Wildman–Crippen LogP) is 0.996. The number of alkyl halides is 1. The number of rotatable bonds is 1. The Morgan fingerprint density at radius 1 is 1.18 bits per heavy atom. The lowest BCUT2D eigenvalue weighted by Gasteiger charge is -2.38. The number of ether oxygens (including phenoxy) is 2. The van der Waals surface area contributed by atoms with Crippen LogP contribution in [-0.4, -0.2) is 34.5 Å². The lowest BCUT2D eigenvalue weighted by molar-refractivity contribution is -0.193. The number of aliphatic hydroxyl groups is 1. The minimum absolute atomic E-state index is 0.0398. The van der Waals surface area contributed by atoms with E-state index in [-0.39, 0.29) is 21.6 Å². The maximum atomic E-state index is 10.2. The van der Waals surface area contributed by atoms with Crippen molar-refractivity contribution in [3.05, 3.63) is 0 Å². The predicted molar refractivity (Wildman–Crippen MR) is 61.3 cm³/mol. The van der Waals surface area contributed by atoms with Crippen LogP contribution in [0.4, 0.5) is 0 Å². The van der Waals surface area contributed by atoms with Gasteiger partial charge >= 0.3 is 0 Å². The summed E-state index contributed by atoms with van der Waals surface area (Å²) in [5.41, 5.74) is 0.240. The molecule has 17 heavy (non-hydrogen) atoms. The lowest BCUT2D eigenvalue weighted by Crippen LogP contribution is -2.50. The first-order valence-electron chi connectivity index (χ1n) is 6.78. The second kappa shape index (κ2) is 2.05. The third-order valence-corrected chi connectivity index (χ3v) is 8.75. The van der Waals surface area contributed by atoms with Crippen molar-refractivity contribution in [2.45, 2.75) is 23.1 Å². The molecule has 0 aromatic carbocycles. The van der Waals surface area contributed by atoms with Gasteiger partial charge in [0, 0.05) is 11.3 Å². The van der Waals surface area contributed by atoms with E-state index >= 15 is 0 Å². The molecule has 4 heteroatoms. The largest absolute Gasteiger partial charge is 0.393 e. The second-order valence-electron chi connectivity index (χ2n) is 6.97. The summed E-state index contributed by atoms with van der Waals surface area (Å²) in [5, 5.41) is 10.2. The number of hydrogen-bond acceptors (Lipinski definition) is 3. The van der Waals surface area contributed by atoms with E-state index < -0.39 is 0 Å². The highest BCUT2D eigenvalue weighted by Crippen LogP contribution is 3.05. The van der Waals surface area contributed by atoms with Crippen LogP contribution in [0.25, 0.3) is 0 Å². The molecule has 2 bridgehead atoms. The summed E-state index contributed by atoms with van der Waals surface area (Å²) in [4.78, 5) is 0. The van der Waals surface area contributed by atoms with Crippen LogP contribution in [0, 0.1) is 40.9 Å². The highest BCUT2D eigenvalue weighted by Gasteiger charge is 3.09. The molecule has 1 saturated heterocycles. The molecule has 0 radical (unpaired) electrons. The van der Waals surface area contributed by atoms with Crippen LogP contribution in [-0.2, 0) is 9.47 Å². The van der Waals surface area contributed by atoms with Gasteiger partial charge in [0.15, 0.2) is 5.79 Å². The molecule has 3 nitrogen and oxygen atoms in total. The molecule has 7 aliphatic rings. The first-order chi connectivity index (χ1) is 8.13. The van der Waals surface area contributed by atoms with Gasteiger partial charge in [-0.05, 0) is 36.5 Å². The van der Waals surface area contributed by atoms with Crippen LogP contribution < -0.4 is 0 Å². The zero-order chi connectivity index (χ0) is 11.4. The van der Waals surface area contributed by atoms with Crippen molar-refractivity contribution in [2.24, 2.45) is 40.9 Å². The van der Waals surface area contributed by atoms with E-state index in [1.807, 2.05) is 6.92 Å². The molecular formula is C13H15BrO3. The lowest BCUT2D eigenvalue weighted by atomic mass is 9.90. The smallest absolute Gasteiger partial charge is 0.187 e. The van der Waals surface area contributed by atoms with Crippen LogP contribution >= 0.6 is 15.9 Å². The van der Waals surface area contributed by atoms with E-state index in [4.69, 9.17) is 9.47 Å². The van der Waals surface area contributed by atoms with Gasteiger partial charge in [-0.25, -0.2) is 0 Å². The van der Waals surface area contributed by atoms with Crippen molar-refractivity contribution in [1.29, 1.82) is 0 Å². The summed E-state index contributed by atoms with van der Waals surface area (Å²) in [6, 6.07) is 0. The van der Waals surface area contributed by atoms with Gasteiger partial charge in [-0.1, -0.05) is 15.9 Å².